The predicted octanol–water partition coefficient (Wildman–Crippen LogP) is 2.62. The normalized spacial score (nSPS) is 11.1. The summed E-state index contributed by atoms with van der Waals surface area (Å²) < 4.78 is 1.69. The molecule has 0 aliphatic carbocycles. The molecule has 1 N–H and O–H groups in total. The molecule has 0 saturated heterocycles. The van der Waals surface area contributed by atoms with Crippen molar-refractivity contribution in [3.05, 3.63) is 75.2 Å². The minimum absolute atomic E-state index is 0.0814. The fraction of sp³-hybridized carbons (Fsp3) is 0.118. The van der Waals surface area contributed by atoms with Gasteiger partial charge in [-0.3, -0.25) is 19.3 Å². The number of pyridine rings is 1. The van der Waals surface area contributed by atoms with E-state index < -0.39 is 10.8 Å². The zero-order valence-corrected chi connectivity index (χ0v) is 13.6. The fourth-order valence-electron chi connectivity index (χ4n) is 2.57. The van der Waals surface area contributed by atoms with Crippen molar-refractivity contribution < 1.29 is 9.72 Å². The van der Waals surface area contributed by atoms with E-state index in [1.165, 1.54) is 12.3 Å². The molecule has 0 bridgehead atoms. The van der Waals surface area contributed by atoms with Crippen molar-refractivity contribution in [2.24, 2.45) is 5.10 Å². The number of hydrazone groups is 1. The van der Waals surface area contributed by atoms with Crippen molar-refractivity contribution in [2.45, 2.75) is 13.8 Å². The van der Waals surface area contributed by atoms with Crippen molar-refractivity contribution in [3.8, 4) is 0 Å². The van der Waals surface area contributed by atoms with Gasteiger partial charge >= 0.3 is 0 Å². The smallest absolute Gasteiger partial charge is 0.290 e. The largest absolute Gasteiger partial charge is 0.295 e. The van der Waals surface area contributed by atoms with E-state index >= 15 is 0 Å². The number of hydrogen-bond acceptors (Lipinski definition) is 5. The van der Waals surface area contributed by atoms with Gasteiger partial charge in [0.2, 0.25) is 0 Å². The van der Waals surface area contributed by atoms with E-state index in [1.54, 1.807) is 35.7 Å². The molecule has 0 unspecified atom stereocenters. The fourth-order valence-corrected chi connectivity index (χ4v) is 2.57. The topological polar surface area (TPSA) is 102 Å². The molecule has 0 radical (unpaired) electrons. The predicted molar refractivity (Wildman–Crippen MR) is 92.8 cm³/mol. The lowest BCUT2D eigenvalue weighted by molar-refractivity contribution is -0.385. The Bertz CT molecular complexity index is 1010. The number of carbonyl (C=O) groups excluding carboxylic acids is 1. The first-order valence-electron chi connectivity index (χ1n) is 7.50. The molecule has 0 atom stereocenters. The molecule has 8 heteroatoms. The summed E-state index contributed by atoms with van der Waals surface area (Å²) in [5.41, 5.74) is 5.23. The number of fused-ring (bicyclic) bond motifs is 1. The van der Waals surface area contributed by atoms with Crippen molar-refractivity contribution >= 4 is 23.5 Å². The first-order chi connectivity index (χ1) is 12.0. The first kappa shape index (κ1) is 16.3. The van der Waals surface area contributed by atoms with Crippen LogP contribution in [0.25, 0.3) is 5.65 Å². The molecule has 2 heterocycles. The van der Waals surface area contributed by atoms with Gasteiger partial charge in [-0.1, -0.05) is 18.2 Å². The Kier molecular flexibility index (Phi) is 4.25. The summed E-state index contributed by atoms with van der Waals surface area (Å²) >= 11 is 0. The Morgan fingerprint density at radius 2 is 2.04 bits per heavy atom. The minimum Gasteiger partial charge on any atom is -0.295 e. The molecule has 126 valence electrons. The standard InChI is InChI=1S/C17H15N5O3/c1-11-6-5-9-21-15(12(2)19-16(11)21)17(23)20-18-10-13-7-3-4-8-14(13)22(24)25/h3-10H,1-2H3,(H,20,23). The Morgan fingerprint density at radius 3 is 2.80 bits per heavy atom. The van der Waals surface area contributed by atoms with E-state index in [1.807, 2.05) is 19.1 Å². The van der Waals surface area contributed by atoms with Gasteiger partial charge in [0.05, 0.1) is 22.4 Å². The number of nitrogens with one attached hydrogen (secondary N) is 1. The van der Waals surface area contributed by atoms with Gasteiger partial charge in [-0.25, -0.2) is 10.4 Å². The minimum atomic E-state index is -0.499. The van der Waals surface area contributed by atoms with E-state index in [9.17, 15) is 14.9 Å². The van der Waals surface area contributed by atoms with Crippen molar-refractivity contribution in [1.29, 1.82) is 0 Å². The van der Waals surface area contributed by atoms with E-state index in [0.717, 1.165) is 5.56 Å². The molecular weight excluding hydrogens is 322 g/mol. The van der Waals surface area contributed by atoms with Crippen LogP contribution in [0.4, 0.5) is 5.69 Å². The van der Waals surface area contributed by atoms with Gasteiger partial charge in [-0.05, 0) is 31.5 Å². The molecule has 3 rings (SSSR count). The van der Waals surface area contributed by atoms with Crippen LogP contribution in [0.2, 0.25) is 0 Å². The van der Waals surface area contributed by atoms with Gasteiger partial charge in [0.1, 0.15) is 11.3 Å². The van der Waals surface area contributed by atoms with Gasteiger partial charge in [0.25, 0.3) is 11.6 Å². The Morgan fingerprint density at radius 1 is 1.28 bits per heavy atom. The number of nitro benzene ring substituents is 1. The quantitative estimate of drug-likeness (QED) is 0.449. The van der Waals surface area contributed by atoms with Crippen LogP contribution >= 0.6 is 0 Å². The number of carbonyl (C=O) groups is 1. The molecule has 1 aromatic carbocycles. The Hall–Kier alpha value is -3.55. The number of benzene rings is 1. The molecule has 2 aromatic heterocycles. The van der Waals surface area contributed by atoms with Crippen LogP contribution in [0.1, 0.15) is 27.3 Å². The van der Waals surface area contributed by atoms with Crippen LogP contribution in [0.5, 0.6) is 0 Å². The maximum Gasteiger partial charge on any atom is 0.290 e. The molecular formula is C17H15N5O3. The maximum atomic E-state index is 12.4. The second-order valence-corrected chi connectivity index (χ2v) is 5.45. The van der Waals surface area contributed by atoms with Crippen molar-refractivity contribution in [1.82, 2.24) is 14.8 Å². The van der Waals surface area contributed by atoms with Gasteiger partial charge in [0.15, 0.2) is 0 Å². The summed E-state index contributed by atoms with van der Waals surface area (Å²) in [7, 11) is 0. The number of nitro groups is 1. The summed E-state index contributed by atoms with van der Waals surface area (Å²) in [6, 6.07) is 9.90. The highest BCUT2D eigenvalue weighted by molar-refractivity contribution is 5.95. The highest BCUT2D eigenvalue weighted by Crippen LogP contribution is 2.16. The summed E-state index contributed by atoms with van der Waals surface area (Å²) in [4.78, 5) is 27.3. The molecule has 8 nitrogen and oxygen atoms in total. The summed E-state index contributed by atoms with van der Waals surface area (Å²) in [6.45, 7) is 3.66. The molecule has 0 aliphatic heterocycles. The van der Waals surface area contributed by atoms with Crippen molar-refractivity contribution in [3.63, 3.8) is 0 Å². The lowest BCUT2D eigenvalue weighted by atomic mass is 10.2. The molecule has 0 saturated carbocycles. The summed E-state index contributed by atoms with van der Waals surface area (Å²) in [6.07, 6.45) is 3.00. The molecule has 25 heavy (non-hydrogen) atoms. The number of hydrogen-bond donors (Lipinski definition) is 1. The van der Waals surface area contributed by atoms with E-state index in [4.69, 9.17) is 0 Å². The number of para-hydroxylation sites is 1. The molecule has 0 spiro atoms. The Labute approximate surface area is 143 Å². The van der Waals surface area contributed by atoms with E-state index in [-0.39, 0.29) is 5.69 Å². The lowest BCUT2D eigenvalue weighted by Crippen LogP contribution is -2.20. The monoisotopic (exact) mass is 337 g/mol. The van der Waals surface area contributed by atoms with Gasteiger partial charge in [0, 0.05) is 12.3 Å². The van der Waals surface area contributed by atoms with Crippen LogP contribution in [0, 0.1) is 24.0 Å². The molecule has 0 fully saturated rings. The first-order valence-corrected chi connectivity index (χ1v) is 7.50. The van der Waals surface area contributed by atoms with Crippen molar-refractivity contribution in [2.75, 3.05) is 0 Å². The van der Waals surface area contributed by atoms with Crippen LogP contribution in [-0.2, 0) is 0 Å². The van der Waals surface area contributed by atoms with Crippen LogP contribution in [0.3, 0.4) is 0 Å². The molecule has 1 amide bonds. The number of aryl methyl sites for hydroxylation is 2. The number of imidazole rings is 1. The van der Waals surface area contributed by atoms with Gasteiger partial charge in [-0.2, -0.15) is 5.10 Å². The number of amides is 1. The molecule has 0 aliphatic rings. The van der Waals surface area contributed by atoms with Gasteiger partial charge in [-0.15, -0.1) is 0 Å². The van der Waals surface area contributed by atoms with Crippen LogP contribution < -0.4 is 5.43 Å². The average molecular weight is 337 g/mol. The SMILES string of the molecule is Cc1nc2c(C)cccn2c1C(=O)NN=Cc1ccccc1[N+](=O)[O-]. The maximum absolute atomic E-state index is 12.4. The third-order valence-corrected chi connectivity index (χ3v) is 3.74. The highest BCUT2D eigenvalue weighted by Gasteiger charge is 2.17. The zero-order valence-electron chi connectivity index (χ0n) is 13.6. The van der Waals surface area contributed by atoms with E-state index in [2.05, 4.69) is 15.5 Å². The average Bonchev–Trinajstić information content (AvgIpc) is 2.92. The van der Waals surface area contributed by atoms with Gasteiger partial charge < -0.3 is 0 Å². The summed E-state index contributed by atoms with van der Waals surface area (Å²) in [5, 5.41) is 14.8. The zero-order chi connectivity index (χ0) is 18.0. The number of aromatic nitrogens is 2. The third-order valence-electron chi connectivity index (χ3n) is 3.74. The second-order valence-electron chi connectivity index (χ2n) is 5.45. The second kappa shape index (κ2) is 6.52. The number of rotatable bonds is 4. The molecule has 3 aromatic rings. The Balaban J connectivity index is 1.86. The third kappa shape index (κ3) is 3.09. The van der Waals surface area contributed by atoms with E-state index in [0.29, 0.717) is 22.6 Å². The van der Waals surface area contributed by atoms with Crippen LogP contribution in [0.15, 0.2) is 47.7 Å². The highest BCUT2D eigenvalue weighted by atomic mass is 16.6. The van der Waals surface area contributed by atoms with Crippen LogP contribution in [-0.4, -0.2) is 26.4 Å². The lowest BCUT2D eigenvalue weighted by Gasteiger charge is -2.02. The number of nitrogens with zero attached hydrogens (tertiary/aromatic N) is 4. The summed E-state index contributed by atoms with van der Waals surface area (Å²) in [5.74, 6) is -0.439.